The molecule has 4 heteroatoms. The first-order chi connectivity index (χ1) is 6.96. The van der Waals surface area contributed by atoms with Gasteiger partial charge in [0.15, 0.2) is 0 Å². The summed E-state index contributed by atoms with van der Waals surface area (Å²) < 4.78 is 15.1. The summed E-state index contributed by atoms with van der Waals surface area (Å²) >= 11 is 0. The van der Waals surface area contributed by atoms with E-state index in [1.807, 2.05) is 13.1 Å². The molecule has 3 nitrogen and oxygen atoms in total. The standard InChI is InChI=1S/C11H14FN3/c1-8-4-13-5-9-6-15(14-10(8)9)7-11(2,3)12/h4-6H,7H2,1-3H3. The van der Waals surface area contributed by atoms with Crippen LogP contribution in [0, 0.1) is 6.92 Å². The van der Waals surface area contributed by atoms with E-state index >= 15 is 0 Å². The molecule has 0 bridgehead atoms. The highest BCUT2D eigenvalue weighted by atomic mass is 19.1. The molecule has 80 valence electrons. The van der Waals surface area contributed by atoms with Crippen molar-refractivity contribution in [3.63, 3.8) is 0 Å². The SMILES string of the molecule is Cc1cncc2cn(CC(C)(C)F)nc12. The van der Waals surface area contributed by atoms with Crippen LogP contribution < -0.4 is 0 Å². The van der Waals surface area contributed by atoms with Crippen LogP contribution >= 0.6 is 0 Å². The molecule has 2 aromatic heterocycles. The summed E-state index contributed by atoms with van der Waals surface area (Å²) in [6.07, 6.45) is 5.34. The van der Waals surface area contributed by atoms with Crippen LogP contribution in [-0.2, 0) is 6.54 Å². The monoisotopic (exact) mass is 207 g/mol. The van der Waals surface area contributed by atoms with Crippen LogP contribution in [0.5, 0.6) is 0 Å². The van der Waals surface area contributed by atoms with Crippen molar-refractivity contribution in [1.29, 1.82) is 0 Å². The van der Waals surface area contributed by atoms with Gasteiger partial charge in [0, 0.05) is 24.0 Å². The molecule has 15 heavy (non-hydrogen) atoms. The van der Waals surface area contributed by atoms with E-state index < -0.39 is 5.67 Å². The number of pyridine rings is 1. The number of rotatable bonds is 2. The number of fused-ring (bicyclic) bond motifs is 1. The van der Waals surface area contributed by atoms with Crippen molar-refractivity contribution < 1.29 is 4.39 Å². The second-order valence-electron chi connectivity index (χ2n) is 4.44. The van der Waals surface area contributed by atoms with Crippen LogP contribution in [0.3, 0.4) is 0 Å². The van der Waals surface area contributed by atoms with Crippen LogP contribution in [0.15, 0.2) is 18.6 Å². The highest BCUT2D eigenvalue weighted by molar-refractivity contribution is 5.79. The number of hydrogen-bond donors (Lipinski definition) is 0. The van der Waals surface area contributed by atoms with Crippen LogP contribution in [0.25, 0.3) is 10.9 Å². The summed E-state index contributed by atoms with van der Waals surface area (Å²) in [5.74, 6) is 0. The summed E-state index contributed by atoms with van der Waals surface area (Å²) in [4.78, 5) is 4.08. The third-order valence-electron chi connectivity index (χ3n) is 2.18. The number of alkyl halides is 1. The Kier molecular flexibility index (Phi) is 2.21. The highest BCUT2D eigenvalue weighted by Gasteiger charge is 2.17. The molecule has 0 saturated carbocycles. The van der Waals surface area contributed by atoms with Gasteiger partial charge in [-0.3, -0.25) is 9.67 Å². The van der Waals surface area contributed by atoms with Gasteiger partial charge in [0.2, 0.25) is 0 Å². The summed E-state index contributed by atoms with van der Waals surface area (Å²) in [5.41, 5.74) is 0.667. The molecule has 0 atom stereocenters. The van der Waals surface area contributed by atoms with Gasteiger partial charge >= 0.3 is 0 Å². The lowest BCUT2D eigenvalue weighted by molar-refractivity contribution is 0.180. The molecule has 0 fully saturated rings. The maximum atomic E-state index is 13.4. The molecule has 0 aliphatic heterocycles. The second kappa shape index (κ2) is 3.29. The normalized spacial score (nSPS) is 12.3. The van der Waals surface area contributed by atoms with Crippen molar-refractivity contribution in [2.24, 2.45) is 0 Å². The van der Waals surface area contributed by atoms with Gasteiger partial charge in [-0.25, -0.2) is 4.39 Å². The van der Waals surface area contributed by atoms with Crippen molar-refractivity contribution in [1.82, 2.24) is 14.8 Å². The first-order valence-corrected chi connectivity index (χ1v) is 4.92. The Hall–Kier alpha value is -1.45. The van der Waals surface area contributed by atoms with Crippen LogP contribution in [-0.4, -0.2) is 20.4 Å². The molecular weight excluding hydrogens is 193 g/mol. The van der Waals surface area contributed by atoms with Crippen LogP contribution in [0.2, 0.25) is 0 Å². The van der Waals surface area contributed by atoms with E-state index in [1.54, 1.807) is 30.9 Å². The molecule has 0 saturated heterocycles. The molecule has 0 amide bonds. The minimum Gasteiger partial charge on any atom is -0.268 e. The number of aryl methyl sites for hydroxylation is 1. The Morgan fingerprint density at radius 2 is 2.13 bits per heavy atom. The van der Waals surface area contributed by atoms with E-state index in [4.69, 9.17) is 0 Å². The average Bonchev–Trinajstić information content (AvgIpc) is 2.45. The number of nitrogens with zero attached hydrogens (tertiary/aromatic N) is 3. The minimum atomic E-state index is -1.25. The largest absolute Gasteiger partial charge is 0.268 e. The van der Waals surface area contributed by atoms with E-state index in [0.29, 0.717) is 0 Å². The van der Waals surface area contributed by atoms with Gasteiger partial charge in [-0.2, -0.15) is 5.10 Å². The fraction of sp³-hybridized carbons (Fsp3) is 0.455. The molecule has 0 N–H and O–H groups in total. The lowest BCUT2D eigenvalue weighted by Gasteiger charge is -2.13. The quantitative estimate of drug-likeness (QED) is 0.757. The highest BCUT2D eigenvalue weighted by Crippen LogP contribution is 2.17. The summed E-state index contributed by atoms with van der Waals surface area (Å²) in [7, 11) is 0. The van der Waals surface area contributed by atoms with E-state index in [1.165, 1.54) is 0 Å². The molecule has 2 rings (SSSR count). The number of halogens is 1. The van der Waals surface area contributed by atoms with Gasteiger partial charge in [0.25, 0.3) is 0 Å². The maximum absolute atomic E-state index is 13.4. The smallest absolute Gasteiger partial charge is 0.124 e. The van der Waals surface area contributed by atoms with E-state index in [9.17, 15) is 4.39 Å². The van der Waals surface area contributed by atoms with Crippen molar-refractivity contribution in [2.45, 2.75) is 33.0 Å². The molecule has 0 aliphatic rings. The zero-order valence-electron chi connectivity index (χ0n) is 9.16. The lowest BCUT2D eigenvalue weighted by Crippen LogP contribution is -2.21. The van der Waals surface area contributed by atoms with E-state index in [2.05, 4.69) is 10.1 Å². The van der Waals surface area contributed by atoms with E-state index in [-0.39, 0.29) is 6.54 Å². The predicted octanol–water partition coefficient (Wildman–Crippen LogP) is 2.49. The van der Waals surface area contributed by atoms with Crippen LogP contribution in [0.4, 0.5) is 4.39 Å². The van der Waals surface area contributed by atoms with Gasteiger partial charge < -0.3 is 0 Å². The Morgan fingerprint density at radius 3 is 2.73 bits per heavy atom. The summed E-state index contributed by atoms with van der Waals surface area (Å²) in [6, 6.07) is 0. The molecule has 2 aromatic rings. The van der Waals surface area contributed by atoms with Crippen molar-refractivity contribution in [3.8, 4) is 0 Å². The predicted molar refractivity (Wildman–Crippen MR) is 57.5 cm³/mol. The zero-order chi connectivity index (χ0) is 11.1. The Labute approximate surface area is 87.9 Å². The molecule has 0 unspecified atom stereocenters. The van der Waals surface area contributed by atoms with E-state index in [0.717, 1.165) is 16.5 Å². The first kappa shape index (κ1) is 10.1. The first-order valence-electron chi connectivity index (χ1n) is 4.92. The zero-order valence-corrected chi connectivity index (χ0v) is 9.16. The summed E-state index contributed by atoms with van der Waals surface area (Å²) in [6.45, 7) is 5.31. The van der Waals surface area contributed by atoms with Gasteiger partial charge in [-0.05, 0) is 26.3 Å². The van der Waals surface area contributed by atoms with Crippen molar-refractivity contribution >= 4 is 10.9 Å². The van der Waals surface area contributed by atoms with Crippen LogP contribution in [0.1, 0.15) is 19.4 Å². The fourth-order valence-electron chi connectivity index (χ4n) is 1.59. The topological polar surface area (TPSA) is 30.7 Å². The molecule has 0 radical (unpaired) electrons. The Bertz CT molecular complexity index is 482. The van der Waals surface area contributed by atoms with Gasteiger partial charge in [-0.1, -0.05) is 0 Å². The molecule has 2 heterocycles. The summed E-state index contributed by atoms with van der Waals surface area (Å²) in [5, 5.41) is 5.29. The van der Waals surface area contributed by atoms with Crippen molar-refractivity contribution in [3.05, 3.63) is 24.2 Å². The minimum absolute atomic E-state index is 0.265. The van der Waals surface area contributed by atoms with Gasteiger partial charge in [-0.15, -0.1) is 0 Å². The lowest BCUT2D eigenvalue weighted by atomic mass is 10.2. The van der Waals surface area contributed by atoms with Gasteiger partial charge in [0.1, 0.15) is 5.67 Å². The molecular formula is C11H14FN3. The third-order valence-corrected chi connectivity index (χ3v) is 2.18. The maximum Gasteiger partial charge on any atom is 0.124 e. The average molecular weight is 207 g/mol. The number of aromatic nitrogens is 3. The Morgan fingerprint density at radius 1 is 1.40 bits per heavy atom. The molecule has 0 aliphatic carbocycles. The third kappa shape index (κ3) is 2.14. The second-order valence-corrected chi connectivity index (χ2v) is 4.44. The molecule has 0 spiro atoms. The van der Waals surface area contributed by atoms with Crippen molar-refractivity contribution in [2.75, 3.05) is 0 Å². The molecule has 0 aromatic carbocycles. The fourth-order valence-corrected chi connectivity index (χ4v) is 1.59. The van der Waals surface area contributed by atoms with Gasteiger partial charge in [0.05, 0.1) is 12.1 Å². The Balaban J connectivity index is 2.44. The number of hydrogen-bond acceptors (Lipinski definition) is 2.